The van der Waals surface area contributed by atoms with Crippen molar-refractivity contribution in [2.45, 2.75) is 52.9 Å². The smallest absolute Gasteiger partial charge is 0.373 e. The summed E-state index contributed by atoms with van der Waals surface area (Å²) in [5, 5.41) is 0. The molecule has 0 radical (unpaired) electrons. The third-order valence-electron chi connectivity index (χ3n) is 3.43. The molecule has 0 aliphatic heterocycles. The van der Waals surface area contributed by atoms with Crippen LogP contribution in [0.3, 0.4) is 0 Å². The number of carbonyl (C=O) groups excluding carboxylic acids is 2. The number of aryl methyl sites for hydroxylation is 1. The maximum Gasteiger partial charge on any atom is 0.373 e. The maximum absolute atomic E-state index is 12.1. The van der Waals surface area contributed by atoms with Crippen molar-refractivity contribution < 1.29 is 24.1 Å². The molecule has 0 aromatic heterocycles. The molecule has 128 valence electrons. The molecule has 0 bridgehead atoms. The first-order valence-electron chi connectivity index (χ1n) is 8.27. The van der Waals surface area contributed by atoms with Gasteiger partial charge in [-0.05, 0) is 43.5 Å². The van der Waals surface area contributed by atoms with Gasteiger partial charge in [-0.15, -0.1) is 0 Å². The Morgan fingerprint density at radius 2 is 1.78 bits per heavy atom. The number of benzene rings is 1. The van der Waals surface area contributed by atoms with E-state index in [0.717, 1.165) is 31.2 Å². The van der Waals surface area contributed by atoms with E-state index in [4.69, 9.17) is 14.5 Å². The molecule has 0 aliphatic carbocycles. The number of ether oxygens (including phenoxy) is 1. The molecule has 1 aromatic carbocycles. The van der Waals surface area contributed by atoms with Gasteiger partial charge in [-0.25, -0.2) is 9.59 Å². The van der Waals surface area contributed by atoms with Crippen LogP contribution in [0.1, 0.15) is 72.7 Å². The number of unbranched alkanes of at least 4 members (excludes halogenated alkanes) is 3. The summed E-state index contributed by atoms with van der Waals surface area (Å²) in [6.45, 7) is 6.51. The highest BCUT2D eigenvalue weighted by Crippen LogP contribution is 2.15. The molecule has 0 atom stereocenters. The van der Waals surface area contributed by atoms with Crippen LogP contribution >= 0.6 is 0 Å². The topological polar surface area (TPSA) is 61.8 Å². The first-order valence-corrected chi connectivity index (χ1v) is 8.27. The largest absolute Gasteiger partial charge is 0.462 e. The minimum Gasteiger partial charge on any atom is -0.462 e. The predicted octanol–water partition coefficient (Wildman–Crippen LogP) is 4.09. The molecule has 0 N–H and O–H groups in total. The first-order chi connectivity index (χ1) is 11.1. The Balaban J connectivity index is 2.61. The van der Waals surface area contributed by atoms with Crippen LogP contribution in [-0.4, -0.2) is 25.2 Å². The van der Waals surface area contributed by atoms with E-state index in [2.05, 4.69) is 6.92 Å². The fourth-order valence-electron chi connectivity index (χ4n) is 2.15. The standard InChI is InChI=1S/C18H26O5/c1-4-7-8-9-12-22-23-18(20)16-11-10-15(13-14(16)5-2)17(19)21-6-3/h10-11,13H,4-9,12H2,1-3H3. The van der Waals surface area contributed by atoms with Gasteiger partial charge in [0.25, 0.3) is 0 Å². The summed E-state index contributed by atoms with van der Waals surface area (Å²) < 4.78 is 4.96. The van der Waals surface area contributed by atoms with Crippen LogP contribution in [0, 0.1) is 0 Å². The van der Waals surface area contributed by atoms with E-state index in [9.17, 15) is 9.59 Å². The highest BCUT2D eigenvalue weighted by atomic mass is 17.2. The molecule has 5 nitrogen and oxygen atoms in total. The van der Waals surface area contributed by atoms with Crippen molar-refractivity contribution in [1.29, 1.82) is 0 Å². The Morgan fingerprint density at radius 3 is 2.43 bits per heavy atom. The Labute approximate surface area is 137 Å². The molecule has 1 rings (SSSR count). The SMILES string of the molecule is CCCCCCOOC(=O)c1ccc(C(=O)OCC)cc1CC. The summed E-state index contributed by atoms with van der Waals surface area (Å²) in [5.74, 6) is -0.929. The number of hydrogen-bond acceptors (Lipinski definition) is 5. The molecule has 5 heteroatoms. The number of hydrogen-bond donors (Lipinski definition) is 0. The van der Waals surface area contributed by atoms with Crippen LogP contribution in [0.25, 0.3) is 0 Å². The third kappa shape index (κ3) is 6.40. The molecule has 0 spiro atoms. The second-order valence-electron chi connectivity index (χ2n) is 5.20. The maximum atomic E-state index is 12.1. The third-order valence-corrected chi connectivity index (χ3v) is 3.43. The van der Waals surface area contributed by atoms with E-state index in [1.165, 1.54) is 0 Å². The van der Waals surface area contributed by atoms with Crippen LogP contribution < -0.4 is 0 Å². The lowest BCUT2D eigenvalue weighted by molar-refractivity contribution is -0.241. The van der Waals surface area contributed by atoms with Crippen molar-refractivity contribution in [2.75, 3.05) is 13.2 Å². The zero-order chi connectivity index (χ0) is 17.1. The quantitative estimate of drug-likeness (QED) is 0.281. The van der Waals surface area contributed by atoms with Gasteiger partial charge in [0, 0.05) is 0 Å². The minimum atomic E-state index is -0.534. The molecular formula is C18H26O5. The lowest BCUT2D eigenvalue weighted by Gasteiger charge is -2.09. The first kappa shape index (κ1) is 19.2. The van der Waals surface area contributed by atoms with E-state index in [1.807, 2.05) is 6.92 Å². The average Bonchev–Trinajstić information content (AvgIpc) is 2.57. The van der Waals surface area contributed by atoms with Crippen LogP contribution in [0.4, 0.5) is 0 Å². The molecule has 0 fully saturated rings. The minimum absolute atomic E-state index is 0.315. The van der Waals surface area contributed by atoms with Crippen LogP contribution in [0.15, 0.2) is 18.2 Å². The highest BCUT2D eigenvalue weighted by molar-refractivity contribution is 5.94. The van der Waals surface area contributed by atoms with E-state index in [1.54, 1.807) is 25.1 Å². The summed E-state index contributed by atoms with van der Waals surface area (Å²) >= 11 is 0. The monoisotopic (exact) mass is 322 g/mol. The molecule has 0 unspecified atom stereocenters. The Bertz CT molecular complexity index is 510. The zero-order valence-electron chi connectivity index (χ0n) is 14.2. The van der Waals surface area contributed by atoms with Gasteiger partial charge in [0.2, 0.25) is 0 Å². The average molecular weight is 322 g/mol. The normalized spacial score (nSPS) is 10.4. The molecular weight excluding hydrogens is 296 g/mol. The Morgan fingerprint density at radius 1 is 1.00 bits per heavy atom. The number of esters is 1. The van der Waals surface area contributed by atoms with Crippen molar-refractivity contribution in [2.24, 2.45) is 0 Å². The lowest BCUT2D eigenvalue weighted by Crippen LogP contribution is -2.12. The molecule has 0 heterocycles. The van der Waals surface area contributed by atoms with Crippen molar-refractivity contribution in [3.05, 3.63) is 34.9 Å². The van der Waals surface area contributed by atoms with Crippen LogP contribution in [-0.2, 0) is 20.9 Å². The predicted molar refractivity (Wildman–Crippen MR) is 87.3 cm³/mol. The van der Waals surface area contributed by atoms with Gasteiger partial charge < -0.3 is 4.74 Å². The van der Waals surface area contributed by atoms with Gasteiger partial charge in [-0.3, -0.25) is 4.89 Å². The second kappa shape index (κ2) is 10.8. The molecule has 0 saturated carbocycles. The van der Waals surface area contributed by atoms with Crippen molar-refractivity contribution in [3.8, 4) is 0 Å². The fraction of sp³-hybridized carbons (Fsp3) is 0.556. The van der Waals surface area contributed by atoms with Crippen molar-refractivity contribution in [1.82, 2.24) is 0 Å². The van der Waals surface area contributed by atoms with Crippen molar-refractivity contribution in [3.63, 3.8) is 0 Å². The van der Waals surface area contributed by atoms with Gasteiger partial charge in [0.1, 0.15) is 0 Å². The van der Waals surface area contributed by atoms with Gasteiger partial charge >= 0.3 is 11.9 Å². The number of rotatable bonds is 10. The lowest BCUT2D eigenvalue weighted by atomic mass is 10.0. The summed E-state index contributed by atoms with van der Waals surface area (Å²) in [4.78, 5) is 33.6. The van der Waals surface area contributed by atoms with Gasteiger partial charge in [0.15, 0.2) is 0 Å². The van der Waals surface area contributed by atoms with E-state index >= 15 is 0 Å². The van der Waals surface area contributed by atoms with E-state index < -0.39 is 11.9 Å². The second-order valence-corrected chi connectivity index (χ2v) is 5.20. The van der Waals surface area contributed by atoms with E-state index in [0.29, 0.717) is 30.8 Å². The fourth-order valence-corrected chi connectivity index (χ4v) is 2.15. The summed E-state index contributed by atoms with van der Waals surface area (Å²) in [5.41, 5.74) is 1.57. The highest BCUT2D eigenvalue weighted by Gasteiger charge is 2.16. The summed E-state index contributed by atoms with van der Waals surface area (Å²) in [6.07, 6.45) is 4.82. The molecule has 0 aliphatic rings. The summed E-state index contributed by atoms with van der Waals surface area (Å²) in [6, 6.07) is 4.80. The van der Waals surface area contributed by atoms with Crippen molar-refractivity contribution >= 4 is 11.9 Å². The molecule has 23 heavy (non-hydrogen) atoms. The van der Waals surface area contributed by atoms with Crippen LogP contribution in [0.2, 0.25) is 0 Å². The summed E-state index contributed by atoms with van der Waals surface area (Å²) in [7, 11) is 0. The van der Waals surface area contributed by atoms with E-state index in [-0.39, 0.29) is 0 Å². The molecule has 0 saturated heterocycles. The molecule has 1 aromatic rings. The zero-order valence-corrected chi connectivity index (χ0v) is 14.2. The Hall–Kier alpha value is -1.88. The van der Waals surface area contributed by atoms with Gasteiger partial charge in [-0.2, -0.15) is 4.89 Å². The van der Waals surface area contributed by atoms with Gasteiger partial charge in [-0.1, -0.05) is 33.1 Å². The van der Waals surface area contributed by atoms with Gasteiger partial charge in [0.05, 0.1) is 24.3 Å². The van der Waals surface area contributed by atoms with Crippen LogP contribution in [0.5, 0.6) is 0 Å². The Kier molecular flexibility index (Phi) is 8.98. The number of carbonyl (C=O) groups is 2. The molecule has 0 amide bonds.